The molecular formula is C27H32N6O6. The Kier molecular flexibility index (Phi) is 10.2. The van der Waals surface area contributed by atoms with Crippen molar-refractivity contribution >= 4 is 23.7 Å². The van der Waals surface area contributed by atoms with Crippen LogP contribution in [0, 0.1) is 0 Å². The average Bonchev–Trinajstić information content (AvgIpc) is 3.42. The average molecular weight is 537 g/mol. The maximum atomic E-state index is 13.4. The molecule has 3 amide bonds. The number of carbonyl (C=O) groups excluding carboxylic acids is 3. The zero-order valence-electron chi connectivity index (χ0n) is 21.3. The fraction of sp³-hybridized carbons (Fsp3) is 0.296. The maximum Gasteiger partial charge on any atom is 0.326 e. The highest BCUT2D eigenvalue weighted by atomic mass is 16.4. The molecule has 0 saturated carbocycles. The number of carboxylic acid groups (broad SMARTS) is 1. The molecule has 4 unspecified atom stereocenters. The highest BCUT2D eigenvalue weighted by molar-refractivity contribution is 5.94. The molecule has 39 heavy (non-hydrogen) atoms. The van der Waals surface area contributed by atoms with Gasteiger partial charge in [0.25, 0.3) is 0 Å². The van der Waals surface area contributed by atoms with Crippen LogP contribution in [0.3, 0.4) is 0 Å². The number of imidazole rings is 1. The predicted octanol–water partition coefficient (Wildman–Crippen LogP) is 0.0294. The van der Waals surface area contributed by atoms with Gasteiger partial charge in [-0.15, -0.1) is 0 Å². The minimum absolute atomic E-state index is 0.0115. The Hall–Kier alpha value is -4.71. The van der Waals surface area contributed by atoms with Gasteiger partial charge in [0.2, 0.25) is 17.7 Å². The van der Waals surface area contributed by atoms with E-state index in [1.165, 1.54) is 31.6 Å². The molecule has 0 aliphatic carbocycles. The van der Waals surface area contributed by atoms with Gasteiger partial charge in [-0.1, -0.05) is 42.5 Å². The van der Waals surface area contributed by atoms with E-state index >= 15 is 0 Å². The number of aromatic amines is 1. The zero-order valence-corrected chi connectivity index (χ0v) is 21.3. The molecule has 0 aliphatic heterocycles. The number of nitrogens with zero attached hydrogens (tertiary/aromatic N) is 1. The third-order valence-electron chi connectivity index (χ3n) is 5.93. The minimum atomic E-state index is -1.30. The van der Waals surface area contributed by atoms with Crippen LogP contribution in [0.5, 0.6) is 5.75 Å². The standard InChI is InChI=1S/C27H32N6O6/c1-16(28)24(35)31-21(11-17-5-3-2-4-6-17)25(36)32-22(13-19-14-29-15-30-19)26(37)33-23(27(38)39)12-18-7-9-20(34)10-8-18/h2-10,14-16,21-23,34H,11-13,28H2,1H3,(H,29,30)(H,31,35)(H,32,36)(H,33,37)(H,38,39). The quantitative estimate of drug-likeness (QED) is 0.159. The van der Waals surface area contributed by atoms with E-state index in [9.17, 15) is 29.4 Å². The van der Waals surface area contributed by atoms with Crippen molar-refractivity contribution in [3.63, 3.8) is 0 Å². The van der Waals surface area contributed by atoms with Gasteiger partial charge in [0.1, 0.15) is 23.9 Å². The molecule has 2 aromatic carbocycles. The van der Waals surface area contributed by atoms with Crippen molar-refractivity contribution in [2.24, 2.45) is 5.73 Å². The summed E-state index contributed by atoms with van der Waals surface area (Å²) in [5.74, 6) is -3.16. The fourth-order valence-electron chi connectivity index (χ4n) is 3.80. The molecule has 4 atom stereocenters. The summed E-state index contributed by atoms with van der Waals surface area (Å²) < 4.78 is 0. The summed E-state index contributed by atoms with van der Waals surface area (Å²) in [5.41, 5.74) is 7.57. The third-order valence-corrected chi connectivity index (χ3v) is 5.93. The molecule has 3 aromatic rings. The summed E-state index contributed by atoms with van der Waals surface area (Å²) in [7, 11) is 0. The van der Waals surface area contributed by atoms with Crippen LogP contribution in [0.15, 0.2) is 67.1 Å². The lowest BCUT2D eigenvalue weighted by atomic mass is 10.0. The Bertz CT molecular complexity index is 1250. The van der Waals surface area contributed by atoms with Crippen molar-refractivity contribution in [3.05, 3.63) is 83.9 Å². The first-order valence-electron chi connectivity index (χ1n) is 12.3. The second kappa shape index (κ2) is 13.7. The van der Waals surface area contributed by atoms with Gasteiger partial charge in [-0.2, -0.15) is 0 Å². The molecular weight excluding hydrogens is 504 g/mol. The number of hydrogen-bond acceptors (Lipinski definition) is 7. The maximum absolute atomic E-state index is 13.4. The summed E-state index contributed by atoms with van der Waals surface area (Å²) in [4.78, 5) is 57.8. The molecule has 8 N–H and O–H groups in total. The van der Waals surface area contributed by atoms with E-state index in [0.29, 0.717) is 11.3 Å². The number of rotatable bonds is 13. The lowest BCUT2D eigenvalue weighted by Crippen LogP contribution is -2.58. The van der Waals surface area contributed by atoms with Crippen molar-refractivity contribution < 1.29 is 29.4 Å². The minimum Gasteiger partial charge on any atom is -0.508 e. The first-order chi connectivity index (χ1) is 18.6. The number of H-pyrrole nitrogens is 1. The van der Waals surface area contributed by atoms with E-state index in [1.54, 1.807) is 36.4 Å². The van der Waals surface area contributed by atoms with E-state index < -0.39 is 47.9 Å². The molecule has 0 fully saturated rings. The van der Waals surface area contributed by atoms with E-state index in [2.05, 4.69) is 25.9 Å². The van der Waals surface area contributed by atoms with E-state index in [-0.39, 0.29) is 25.0 Å². The Morgan fingerprint density at radius 2 is 1.36 bits per heavy atom. The summed E-state index contributed by atoms with van der Waals surface area (Å²) in [5, 5.41) is 27.0. The van der Waals surface area contributed by atoms with Crippen molar-refractivity contribution in [1.82, 2.24) is 25.9 Å². The SMILES string of the molecule is CC(N)C(=O)NC(Cc1ccccc1)C(=O)NC(Cc1cnc[nH]1)C(=O)NC(Cc1ccc(O)cc1)C(=O)O. The van der Waals surface area contributed by atoms with Crippen LogP contribution in [0.25, 0.3) is 0 Å². The van der Waals surface area contributed by atoms with Crippen LogP contribution < -0.4 is 21.7 Å². The molecule has 1 aromatic heterocycles. The number of benzene rings is 2. The summed E-state index contributed by atoms with van der Waals surface area (Å²) in [6.07, 6.45) is 2.98. The predicted molar refractivity (Wildman–Crippen MR) is 141 cm³/mol. The van der Waals surface area contributed by atoms with E-state index in [1.807, 2.05) is 6.07 Å². The van der Waals surface area contributed by atoms with Gasteiger partial charge >= 0.3 is 5.97 Å². The number of carboxylic acids is 1. The monoisotopic (exact) mass is 536 g/mol. The number of amides is 3. The van der Waals surface area contributed by atoms with Crippen molar-refractivity contribution in [2.45, 2.75) is 50.4 Å². The normalized spacial score (nSPS) is 13.9. The van der Waals surface area contributed by atoms with Crippen molar-refractivity contribution in [2.75, 3.05) is 0 Å². The van der Waals surface area contributed by atoms with Gasteiger partial charge < -0.3 is 36.9 Å². The number of nitrogens with one attached hydrogen (secondary N) is 4. The summed E-state index contributed by atoms with van der Waals surface area (Å²) >= 11 is 0. The second-order valence-corrected chi connectivity index (χ2v) is 9.15. The first kappa shape index (κ1) is 28.9. The molecule has 0 radical (unpaired) electrons. The number of hydrogen-bond donors (Lipinski definition) is 7. The molecule has 0 spiro atoms. The van der Waals surface area contributed by atoms with Crippen LogP contribution >= 0.6 is 0 Å². The molecule has 1 heterocycles. The van der Waals surface area contributed by atoms with Gasteiger partial charge in [-0.25, -0.2) is 9.78 Å². The van der Waals surface area contributed by atoms with Gasteiger partial charge in [-0.05, 0) is 30.2 Å². The Morgan fingerprint density at radius 3 is 1.92 bits per heavy atom. The molecule has 12 heteroatoms. The second-order valence-electron chi connectivity index (χ2n) is 9.15. The van der Waals surface area contributed by atoms with Gasteiger partial charge in [-0.3, -0.25) is 14.4 Å². The molecule has 206 valence electrons. The first-order valence-corrected chi connectivity index (χ1v) is 12.3. The molecule has 0 bridgehead atoms. The number of aromatic nitrogens is 2. The Balaban J connectivity index is 1.80. The highest BCUT2D eigenvalue weighted by Gasteiger charge is 2.30. The van der Waals surface area contributed by atoms with Gasteiger partial charge in [0, 0.05) is 31.2 Å². The Labute approximate surface area is 225 Å². The molecule has 12 nitrogen and oxygen atoms in total. The molecule has 0 saturated heterocycles. The van der Waals surface area contributed by atoms with E-state index in [4.69, 9.17) is 5.73 Å². The number of phenols is 1. The lowest BCUT2D eigenvalue weighted by molar-refractivity contribution is -0.142. The van der Waals surface area contributed by atoms with Crippen LogP contribution in [-0.2, 0) is 38.4 Å². The van der Waals surface area contributed by atoms with Crippen LogP contribution in [0.4, 0.5) is 0 Å². The third kappa shape index (κ3) is 8.97. The topological polar surface area (TPSA) is 200 Å². The Morgan fingerprint density at radius 1 is 0.821 bits per heavy atom. The van der Waals surface area contributed by atoms with Crippen LogP contribution in [-0.4, -0.2) is 68.0 Å². The molecule has 0 aliphatic rings. The summed E-state index contributed by atoms with van der Waals surface area (Å²) in [6, 6.07) is 10.5. The van der Waals surface area contributed by atoms with Crippen LogP contribution in [0.1, 0.15) is 23.7 Å². The fourth-order valence-corrected chi connectivity index (χ4v) is 3.80. The number of aliphatic carboxylic acids is 1. The van der Waals surface area contributed by atoms with Crippen molar-refractivity contribution in [1.29, 1.82) is 0 Å². The van der Waals surface area contributed by atoms with Crippen LogP contribution in [0.2, 0.25) is 0 Å². The highest BCUT2D eigenvalue weighted by Crippen LogP contribution is 2.12. The van der Waals surface area contributed by atoms with E-state index in [0.717, 1.165) is 5.56 Å². The van der Waals surface area contributed by atoms with Gasteiger partial charge in [0.15, 0.2) is 0 Å². The lowest BCUT2D eigenvalue weighted by Gasteiger charge is -2.25. The van der Waals surface area contributed by atoms with Gasteiger partial charge in [0.05, 0.1) is 12.4 Å². The number of aromatic hydroxyl groups is 1. The number of phenolic OH excluding ortho intramolecular Hbond substituents is 1. The zero-order chi connectivity index (χ0) is 28.4. The van der Waals surface area contributed by atoms with Crippen molar-refractivity contribution in [3.8, 4) is 5.75 Å². The smallest absolute Gasteiger partial charge is 0.326 e. The summed E-state index contributed by atoms with van der Waals surface area (Å²) in [6.45, 7) is 1.49. The molecule has 3 rings (SSSR count). The number of nitrogens with two attached hydrogens (primary N) is 1. The largest absolute Gasteiger partial charge is 0.508 e. The number of carbonyl (C=O) groups is 4.